The first-order chi connectivity index (χ1) is 7.97. The number of furan rings is 1. The molecule has 2 rings (SSSR count). The van der Waals surface area contributed by atoms with E-state index in [4.69, 9.17) is 9.15 Å². The van der Waals surface area contributed by atoms with Gasteiger partial charge in [-0.05, 0) is 26.8 Å². The summed E-state index contributed by atoms with van der Waals surface area (Å²) in [5.41, 5.74) is 1.01. The number of fused-ring (bicyclic) bond motifs is 1. The second kappa shape index (κ2) is 4.34. The molecule has 1 heterocycles. The molecule has 3 heteroatoms. The molecule has 2 aromatic rings. The van der Waals surface area contributed by atoms with Gasteiger partial charge in [0.2, 0.25) is 0 Å². The largest absolute Gasteiger partial charge is 0.464 e. The third-order valence-electron chi connectivity index (χ3n) is 2.42. The van der Waals surface area contributed by atoms with Gasteiger partial charge < -0.3 is 9.15 Å². The van der Waals surface area contributed by atoms with E-state index in [1.807, 2.05) is 45.0 Å². The SMILES string of the molecule is CC(C)(C)OCC(=O)c1coc2ccccc12. The van der Waals surface area contributed by atoms with Crippen molar-refractivity contribution in [2.45, 2.75) is 26.4 Å². The average molecular weight is 232 g/mol. The Bertz CT molecular complexity index is 532. The van der Waals surface area contributed by atoms with Crippen LogP contribution in [-0.4, -0.2) is 18.0 Å². The van der Waals surface area contributed by atoms with E-state index >= 15 is 0 Å². The van der Waals surface area contributed by atoms with Gasteiger partial charge in [-0.1, -0.05) is 18.2 Å². The van der Waals surface area contributed by atoms with Crippen molar-refractivity contribution in [3.63, 3.8) is 0 Å². The lowest BCUT2D eigenvalue weighted by molar-refractivity contribution is 0.00310. The van der Waals surface area contributed by atoms with Gasteiger partial charge in [-0.15, -0.1) is 0 Å². The van der Waals surface area contributed by atoms with E-state index in [1.165, 1.54) is 6.26 Å². The fourth-order valence-electron chi connectivity index (χ4n) is 1.55. The quantitative estimate of drug-likeness (QED) is 0.761. The molecule has 0 spiro atoms. The third-order valence-corrected chi connectivity index (χ3v) is 2.42. The fraction of sp³-hybridized carbons (Fsp3) is 0.357. The highest BCUT2D eigenvalue weighted by Crippen LogP contribution is 2.21. The molecule has 0 N–H and O–H groups in total. The molecule has 0 aliphatic heterocycles. The van der Waals surface area contributed by atoms with E-state index in [2.05, 4.69) is 0 Å². The lowest BCUT2D eigenvalue weighted by Gasteiger charge is -2.18. The van der Waals surface area contributed by atoms with Gasteiger partial charge in [-0.25, -0.2) is 0 Å². The Morgan fingerprint density at radius 1 is 1.29 bits per heavy atom. The molecule has 0 aliphatic carbocycles. The van der Waals surface area contributed by atoms with Crippen LogP contribution in [0.1, 0.15) is 31.1 Å². The maximum absolute atomic E-state index is 12.0. The Morgan fingerprint density at radius 2 is 2.00 bits per heavy atom. The molecule has 0 amide bonds. The Kier molecular flexibility index (Phi) is 3.03. The number of hydrogen-bond donors (Lipinski definition) is 0. The summed E-state index contributed by atoms with van der Waals surface area (Å²) in [6, 6.07) is 7.49. The Balaban J connectivity index is 2.20. The highest BCUT2D eigenvalue weighted by Gasteiger charge is 2.17. The first-order valence-electron chi connectivity index (χ1n) is 5.61. The predicted molar refractivity (Wildman–Crippen MR) is 66.2 cm³/mol. The first kappa shape index (κ1) is 11.9. The Hall–Kier alpha value is -1.61. The van der Waals surface area contributed by atoms with Gasteiger partial charge in [0.15, 0.2) is 5.78 Å². The number of carbonyl (C=O) groups is 1. The molecular weight excluding hydrogens is 216 g/mol. The van der Waals surface area contributed by atoms with Crippen LogP contribution in [0.4, 0.5) is 0 Å². The standard InChI is InChI=1S/C14H16O3/c1-14(2,3)17-9-12(15)11-8-16-13-7-5-4-6-10(11)13/h4-8H,9H2,1-3H3. The number of benzene rings is 1. The molecule has 0 atom stereocenters. The van der Waals surface area contributed by atoms with Crippen LogP contribution in [-0.2, 0) is 4.74 Å². The van der Waals surface area contributed by atoms with Crippen LogP contribution >= 0.6 is 0 Å². The molecule has 90 valence electrons. The van der Waals surface area contributed by atoms with Crippen LogP contribution in [0.5, 0.6) is 0 Å². The first-order valence-corrected chi connectivity index (χ1v) is 5.61. The summed E-state index contributed by atoms with van der Waals surface area (Å²) in [7, 11) is 0. The van der Waals surface area contributed by atoms with Gasteiger partial charge in [0.25, 0.3) is 0 Å². The van der Waals surface area contributed by atoms with E-state index in [0.29, 0.717) is 5.56 Å². The van der Waals surface area contributed by atoms with Crippen molar-refractivity contribution >= 4 is 16.8 Å². The van der Waals surface area contributed by atoms with Crippen LogP contribution in [0.25, 0.3) is 11.0 Å². The number of carbonyl (C=O) groups excluding carboxylic acids is 1. The molecule has 0 unspecified atom stereocenters. The molecule has 0 aliphatic rings. The zero-order valence-corrected chi connectivity index (χ0v) is 10.3. The van der Waals surface area contributed by atoms with Crippen molar-refractivity contribution in [1.29, 1.82) is 0 Å². The zero-order chi connectivity index (χ0) is 12.5. The minimum Gasteiger partial charge on any atom is -0.464 e. The Morgan fingerprint density at radius 3 is 2.71 bits per heavy atom. The van der Waals surface area contributed by atoms with Gasteiger partial charge in [0.1, 0.15) is 18.5 Å². The number of ether oxygens (including phenoxy) is 1. The number of ketones is 1. The summed E-state index contributed by atoms with van der Waals surface area (Å²) >= 11 is 0. The van der Waals surface area contributed by atoms with E-state index in [-0.39, 0.29) is 18.0 Å². The summed E-state index contributed by atoms with van der Waals surface area (Å²) in [4.78, 5) is 12.0. The van der Waals surface area contributed by atoms with E-state index in [0.717, 1.165) is 11.0 Å². The monoisotopic (exact) mass is 232 g/mol. The van der Waals surface area contributed by atoms with E-state index in [9.17, 15) is 4.79 Å². The Labute approximate surface area is 100 Å². The molecule has 0 saturated carbocycles. The van der Waals surface area contributed by atoms with Gasteiger partial charge in [0.05, 0.1) is 11.2 Å². The van der Waals surface area contributed by atoms with Crippen LogP contribution in [0, 0.1) is 0 Å². The van der Waals surface area contributed by atoms with Crippen LogP contribution in [0.15, 0.2) is 34.9 Å². The molecule has 1 aromatic heterocycles. The summed E-state index contributed by atoms with van der Waals surface area (Å²) < 4.78 is 10.8. The zero-order valence-electron chi connectivity index (χ0n) is 10.3. The number of para-hydroxylation sites is 1. The molecule has 0 saturated heterocycles. The average Bonchev–Trinajstić information content (AvgIpc) is 2.68. The minimum atomic E-state index is -0.310. The van der Waals surface area contributed by atoms with Gasteiger partial charge in [-0.3, -0.25) is 4.79 Å². The van der Waals surface area contributed by atoms with Crippen LogP contribution < -0.4 is 0 Å². The molecular formula is C14H16O3. The maximum atomic E-state index is 12.0. The molecule has 1 aromatic carbocycles. The second-order valence-electron chi connectivity index (χ2n) is 4.97. The van der Waals surface area contributed by atoms with Crippen molar-refractivity contribution in [2.24, 2.45) is 0 Å². The highest BCUT2D eigenvalue weighted by molar-refractivity contribution is 6.07. The molecule has 17 heavy (non-hydrogen) atoms. The van der Waals surface area contributed by atoms with Crippen molar-refractivity contribution in [2.75, 3.05) is 6.61 Å². The van der Waals surface area contributed by atoms with Gasteiger partial charge in [-0.2, -0.15) is 0 Å². The summed E-state index contributed by atoms with van der Waals surface area (Å²) in [6.45, 7) is 5.85. The predicted octanol–water partition coefficient (Wildman–Crippen LogP) is 3.43. The van der Waals surface area contributed by atoms with Gasteiger partial charge in [0, 0.05) is 5.39 Å². The summed E-state index contributed by atoms with van der Waals surface area (Å²) in [5, 5.41) is 0.843. The highest BCUT2D eigenvalue weighted by atomic mass is 16.5. The lowest BCUT2D eigenvalue weighted by Crippen LogP contribution is -2.23. The van der Waals surface area contributed by atoms with Crippen molar-refractivity contribution < 1.29 is 13.9 Å². The second-order valence-corrected chi connectivity index (χ2v) is 4.97. The smallest absolute Gasteiger partial charge is 0.192 e. The molecule has 3 nitrogen and oxygen atoms in total. The van der Waals surface area contributed by atoms with Gasteiger partial charge >= 0.3 is 0 Å². The maximum Gasteiger partial charge on any atom is 0.192 e. The third kappa shape index (κ3) is 2.74. The van der Waals surface area contributed by atoms with E-state index < -0.39 is 0 Å². The number of rotatable bonds is 3. The topological polar surface area (TPSA) is 39.4 Å². The van der Waals surface area contributed by atoms with Crippen LogP contribution in [0.3, 0.4) is 0 Å². The fourth-order valence-corrected chi connectivity index (χ4v) is 1.55. The van der Waals surface area contributed by atoms with Crippen molar-refractivity contribution in [1.82, 2.24) is 0 Å². The lowest BCUT2D eigenvalue weighted by atomic mass is 10.1. The van der Waals surface area contributed by atoms with Crippen molar-refractivity contribution in [3.05, 3.63) is 36.1 Å². The van der Waals surface area contributed by atoms with Crippen molar-refractivity contribution in [3.8, 4) is 0 Å². The minimum absolute atomic E-state index is 0.0510. The van der Waals surface area contributed by atoms with Crippen LogP contribution in [0.2, 0.25) is 0 Å². The summed E-state index contributed by atoms with van der Waals surface area (Å²) in [5.74, 6) is -0.0510. The van der Waals surface area contributed by atoms with E-state index in [1.54, 1.807) is 0 Å². The normalized spacial score (nSPS) is 11.9. The number of hydrogen-bond acceptors (Lipinski definition) is 3. The molecule has 0 radical (unpaired) electrons. The summed E-state index contributed by atoms with van der Waals surface area (Å²) in [6.07, 6.45) is 1.50. The molecule has 0 bridgehead atoms. The number of Topliss-reactive ketones (excluding diaryl/α,β-unsaturated/α-hetero) is 1. The molecule has 0 fully saturated rings.